The number of aryl methyl sites for hydroxylation is 1. The molecule has 3 heterocycles. The van der Waals surface area contributed by atoms with Crippen molar-refractivity contribution >= 4 is 5.91 Å². The van der Waals surface area contributed by atoms with E-state index >= 15 is 0 Å². The summed E-state index contributed by atoms with van der Waals surface area (Å²) in [6.07, 6.45) is 4.18. The zero-order valence-electron chi connectivity index (χ0n) is 11.4. The molecule has 2 N–H and O–H groups in total. The Kier molecular flexibility index (Phi) is 3.50. The van der Waals surface area contributed by atoms with Gasteiger partial charge in [0.05, 0.1) is 12.0 Å². The molecule has 2 atom stereocenters. The first-order chi connectivity index (χ1) is 9.25. The summed E-state index contributed by atoms with van der Waals surface area (Å²) >= 11 is 0. The number of carbonyl (C=O) groups is 1. The number of hydrogen-bond acceptors (Lipinski definition) is 4. The molecule has 2 aliphatic heterocycles. The molecule has 19 heavy (non-hydrogen) atoms. The molecular weight excluding hydrogens is 242 g/mol. The van der Waals surface area contributed by atoms with Crippen LogP contribution in [0.4, 0.5) is 0 Å². The summed E-state index contributed by atoms with van der Waals surface area (Å²) in [7, 11) is 0. The van der Waals surface area contributed by atoms with Gasteiger partial charge in [0.15, 0.2) is 5.82 Å². The number of nitrogens with zero attached hydrogens (tertiary/aromatic N) is 3. The maximum Gasteiger partial charge on any atom is 0.224 e. The van der Waals surface area contributed by atoms with E-state index in [2.05, 4.69) is 25.4 Å². The lowest BCUT2D eigenvalue weighted by molar-refractivity contribution is -0.126. The van der Waals surface area contributed by atoms with Gasteiger partial charge in [-0.05, 0) is 32.7 Å². The molecule has 0 bridgehead atoms. The van der Waals surface area contributed by atoms with Crippen LogP contribution in [-0.2, 0) is 17.8 Å². The quantitative estimate of drug-likeness (QED) is 0.828. The molecule has 1 aromatic rings. The molecule has 1 unspecified atom stereocenters. The van der Waals surface area contributed by atoms with Crippen LogP contribution in [0, 0.1) is 5.92 Å². The summed E-state index contributed by atoms with van der Waals surface area (Å²) in [5.41, 5.74) is 0. The SMILES string of the molecule is CC(NC(=O)[C@@H]1CCCNC1)c1nnc2n1CCC2. The van der Waals surface area contributed by atoms with Crippen molar-refractivity contribution in [1.29, 1.82) is 0 Å². The van der Waals surface area contributed by atoms with Crippen molar-refractivity contribution in [1.82, 2.24) is 25.4 Å². The first-order valence-corrected chi connectivity index (χ1v) is 7.19. The first kappa shape index (κ1) is 12.6. The predicted octanol–water partition coefficient (Wildman–Crippen LogP) is 0.401. The van der Waals surface area contributed by atoms with Gasteiger partial charge in [-0.25, -0.2) is 0 Å². The lowest BCUT2D eigenvalue weighted by atomic mass is 9.98. The van der Waals surface area contributed by atoms with Crippen LogP contribution in [0.3, 0.4) is 0 Å². The smallest absolute Gasteiger partial charge is 0.224 e. The van der Waals surface area contributed by atoms with E-state index in [1.54, 1.807) is 0 Å². The van der Waals surface area contributed by atoms with Crippen LogP contribution < -0.4 is 10.6 Å². The fourth-order valence-corrected chi connectivity index (χ4v) is 2.96. The minimum absolute atomic E-state index is 0.0613. The number of hydrogen-bond donors (Lipinski definition) is 2. The van der Waals surface area contributed by atoms with Crippen LogP contribution in [-0.4, -0.2) is 33.8 Å². The molecule has 0 aromatic carbocycles. The van der Waals surface area contributed by atoms with Crippen molar-refractivity contribution in [2.24, 2.45) is 5.92 Å². The molecule has 104 valence electrons. The maximum absolute atomic E-state index is 12.2. The van der Waals surface area contributed by atoms with Crippen molar-refractivity contribution in [2.75, 3.05) is 13.1 Å². The predicted molar refractivity (Wildman–Crippen MR) is 70.5 cm³/mol. The van der Waals surface area contributed by atoms with E-state index in [0.29, 0.717) is 0 Å². The number of aromatic nitrogens is 3. The molecule has 1 saturated heterocycles. The summed E-state index contributed by atoms with van der Waals surface area (Å²) in [6, 6.07) is -0.0613. The Morgan fingerprint density at radius 2 is 2.37 bits per heavy atom. The van der Waals surface area contributed by atoms with Gasteiger partial charge in [-0.15, -0.1) is 10.2 Å². The number of piperidine rings is 1. The van der Waals surface area contributed by atoms with E-state index in [0.717, 1.165) is 57.0 Å². The Bertz CT molecular complexity index is 464. The van der Waals surface area contributed by atoms with Gasteiger partial charge >= 0.3 is 0 Å². The Labute approximate surface area is 113 Å². The summed E-state index contributed by atoms with van der Waals surface area (Å²) < 4.78 is 2.14. The highest BCUT2D eigenvalue weighted by Crippen LogP contribution is 2.19. The van der Waals surface area contributed by atoms with Crippen LogP contribution in [0.1, 0.15) is 43.9 Å². The van der Waals surface area contributed by atoms with E-state index in [4.69, 9.17) is 0 Å². The van der Waals surface area contributed by atoms with Gasteiger partial charge in [-0.1, -0.05) is 0 Å². The summed E-state index contributed by atoms with van der Waals surface area (Å²) in [5, 5.41) is 14.8. The lowest BCUT2D eigenvalue weighted by Crippen LogP contribution is -2.41. The van der Waals surface area contributed by atoms with Gasteiger partial charge in [0.1, 0.15) is 5.82 Å². The molecule has 6 nitrogen and oxygen atoms in total. The van der Waals surface area contributed by atoms with E-state index in [1.807, 2.05) is 6.92 Å². The molecular formula is C13H21N5O. The molecule has 1 amide bonds. The monoisotopic (exact) mass is 263 g/mol. The third kappa shape index (κ3) is 2.49. The zero-order chi connectivity index (χ0) is 13.2. The highest BCUT2D eigenvalue weighted by molar-refractivity contribution is 5.79. The molecule has 0 spiro atoms. The fourth-order valence-electron chi connectivity index (χ4n) is 2.96. The van der Waals surface area contributed by atoms with Crippen LogP contribution in [0.2, 0.25) is 0 Å². The van der Waals surface area contributed by atoms with Crippen LogP contribution in [0.15, 0.2) is 0 Å². The minimum Gasteiger partial charge on any atom is -0.346 e. The first-order valence-electron chi connectivity index (χ1n) is 7.19. The van der Waals surface area contributed by atoms with Crippen LogP contribution >= 0.6 is 0 Å². The van der Waals surface area contributed by atoms with Gasteiger partial charge in [0, 0.05) is 19.5 Å². The molecule has 6 heteroatoms. The largest absolute Gasteiger partial charge is 0.346 e. The van der Waals surface area contributed by atoms with Gasteiger partial charge in [0.25, 0.3) is 0 Å². The third-order valence-electron chi connectivity index (χ3n) is 4.05. The Balaban J connectivity index is 1.64. The molecule has 0 radical (unpaired) electrons. The summed E-state index contributed by atoms with van der Waals surface area (Å²) in [4.78, 5) is 12.2. The number of nitrogens with one attached hydrogen (secondary N) is 2. The zero-order valence-corrected chi connectivity index (χ0v) is 11.4. The number of fused-ring (bicyclic) bond motifs is 1. The van der Waals surface area contributed by atoms with Gasteiger partial charge in [-0.3, -0.25) is 4.79 Å². The highest BCUT2D eigenvalue weighted by atomic mass is 16.2. The van der Waals surface area contributed by atoms with Crippen LogP contribution in [0.5, 0.6) is 0 Å². The van der Waals surface area contributed by atoms with Gasteiger partial charge in [0.2, 0.25) is 5.91 Å². The van der Waals surface area contributed by atoms with Crippen molar-refractivity contribution in [3.05, 3.63) is 11.6 Å². The Morgan fingerprint density at radius 3 is 3.16 bits per heavy atom. The number of amides is 1. The van der Waals surface area contributed by atoms with Crippen molar-refractivity contribution in [3.8, 4) is 0 Å². The number of rotatable bonds is 3. The maximum atomic E-state index is 12.2. The van der Waals surface area contributed by atoms with Crippen molar-refractivity contribution in [2.45, 2.75) is 45.2 Å². The molecule has 1 fully saturated rings. The molecule has 3 rings (SSSR count). The normalized spacial score (nSPS) is 23.9. The minimum atomic E-state index is -0.0613. The molecule has 0 saturated carbocycles. The standard InChI is InChI=1S/C13H21N5O/c1-9(12-17-16-11-5-3-7-18(11)12)15-13(19)10-4-2-6-14-8-10/h9-10,14H,2-8H2,1H3,(H,15,19)/t9?,10-/m1/s1. The molecule has 2 aliphatic rings. The average molecular weight is 263 g/mol. The average Bonchev–Trinajstić information content (AvgIpc) is 3.01. The Hall–Kier alpha value is -1.43. The second kappa shape index (κ2) is 5.28. The number of carbonyl (C=O) groups excluding carboxylic acids is 1. The summed E-state index contributed by atoms with van der Waals surface area (Å²) in [5.74, 6) is 2.17. The molecule has 0 aliphatic carbocycles. The third-order valence-corrected chi connectivity index (χ3v) is 4.05. The lowest BCUT2D eigenvalue weighted by Gasteiger charge is -2.23. The van der Waals surface area contributed by atoms with E-state index < -0.39 is 0 Å². The van der Waals surface area contributed by atoms with Crippen LogP contribution in [0.25, 0.3) is 0 Å². The Morgan fingerprint density at radius 1 is 1.47 bits per heavy atom. The van der Waals surface area contributed by atoms with Gasteiger partial charge < -0.3 is 15.2 Å². The van der Waals surface area contributed by atoms with Crippen molar-refractivity contribution < 1.29 is 4.79 Å². The fraction of sp³-hybridized carbons (Fsp3) is 0.769. The molecule has 1 aromatic heterocycles. The van der Waals surface area contributed by atoms with Gasteiger partial charge in [-0.2, -0.15) is 0 Å². The highest BCUT2D eigenvalue weighted by Gasteiger charge is 2.26. The van der Waals surface area contributed by atoms with E-state index in [1.165, 1.54) is 0 Å². The van der Waals surface area contributed by atoms with Crippen molar-refractivity contribution in [3.63, 3.8) is 0 Å². The van der Waals surface area contributed by atoms with E-state index in [-0.39, 0.29) is 17.9 Å². The second-order valence-corrected chi connectivity index (χ2v) is 5.50. The van der Waals surface area contributed by atoms with E-state index in [9.17, 15) is 4.79 Å². The summed E-state index contributed by atoms with van der Waals surface area (Å²) in [6.45, 7) is 4.78. The second-order valence-electron chi connectivity index (χ2n) is 5.50. The topological polar surface area (TPSA) is 71.8 Å².